The van der Waals surface area contributed by atoms with Crippen LogP contribution in [0.15, 0.2) is 18.2 Å². The van der Waals surface area contributed by atoms with Crippen molar-refractivity contribution in [3.63, 3.8) is 0 Å². The summed E-state index contributed by atoms with van der Waals surface area (Å²) in [6.45, 7) is 0.155. The second kappa shape index (κ2) is 5.34. The fourth-order valence-electron chi connectivity index (χ4n) is 1.95. The number of halogens is 2. The minimum Gasteiger partial charge on any atom is -0.481 e. The van der Waals surface area contributed by atoms with Crippen LogP contribution in [0.1, 0.15) is 12.0 Å². The third kappa shape index (κ3) is 3.07. The number of rotatable bonds is 5. The summed E-state index contributed by atoms with van der Waals surface area (Å²) >= 11 is 0. The third-order valence-electron chi connectivity index (χ3n) is 3.17. The molecule has 102 valence electrons. The maximum atomic E-state index is 13.3. The van der Waals surface area contributed by atoms with Crippen molar-refractivity contribution < 1.29 is 23.5 Å². The molecule has 2 unspecified atom stereocenters. The molecule has 0 heterocycles. The van der Waals surface area contributed by atoms with Crippen molar-refractivity contribution in [3.8, 4) is 0 Å². The number of carbonyl (C=O) groups excluding carboxylic acids is 1. The van der Waals surface area contributed by atoms with Crippen molar-refractivity contribution in [3.05, 3.63) is 35.4 Å². The van der Waals surface area contributed by atoms with E-state index in [0.717, 1.165) is 6.07 Å². The quantitative estimate of drug-likeness (QED) is 0.847. The monoisotopic (exact) mass is 269 g/mol. The van der Waals surface area contributed by atoms with E-state index in [1.165, 1.54) is 12.1 Å². The summed E-state index contributed by atoms with van der Waals surface area (Å²) in [5.41, 5.74) is 0.186. The first-order valence-corrected chi connectivity index (χ1v) is 5.94. The van der Waals surface area contributed by atoms with Crippen LogP contribution in [0.5, 0.6) is 0 Å². The zero-order valence-corrected chi connectivity index (χ0v) is 10.0. The topological polar surface area (TPSA) is 66.4 Å². The Labute approximate surface area is 108 Å². The lowest BCUT2D eigenvalue weighted by Crippen LogP contribution is -2.28. The predicted molar refractivity (Wildman–Crippen MR) is 62.3 cm³/mol. The van der Waals surface area contributed by atoms with Crippen LogP contribution in [0.4, 0.5) is 8.78 Å². The summed E-state index contributed by atoms with van der Waals surface area (Å²) in [5, 5.41) is 11.2. The number of carboxylic acids is 1. The molecule has 1 aliphatic carbocycles. The molecule has 19 heavy (non-hydrogen) atoms. The molecule has 0 aromatic heterocycles. The Balaban J connectivity index is 1.80. The SMILES string of the molecule is O=C(O)C1CC1C(=O)NCCc1cccc(F)c1F. The van der Waals surface area contributed by atoms with Crippen LogP contribution in [0.25, 0.3) is 0 Å². The normalized spacial score (nSPS) is 20.9. The molecule has 0 saturated heterocycles. The summed E-state index contributed by atoms with van der Waals surface area (Å²) in [7, 11) is 0. The highest BCUT2D eigenvalue weighted by atomic mass is 19.2. The lowest BCUT2D eigenvalue weighted by molar-refractivity contribution is -0.140. The Kier molecular flexibility index (Phi) is 3.78. The van der Waals surface area contributed by atoms with Gasteiger partial charge in [0, 0.05) is 6.54 Å². The van der Waals surface area contributed by atoms with Crippen molar-refractivity contribution in [1.29, 1.82) is 0 Å². The van der Waals surface area contributed by atoms with Gasteiger partial charge in [0.25, 0.3) is 0 Å². The van der Waals surface area contributed by atoms with Crippen LogP contribution in [0, 0.1) is 23.5 Å². The fraction of sp³-hybridized carbons (Fsp3) is 0.385. The predicted octanol–water partition coefficient (Wildman–Crippen LogP) is 1.34. The van der Waals surface area contributed by atoms with Crippen LogP contribution in [0.2, 0.25) is 0 Å². The Morgan fingerprint density at radius 2 is 2.05 bits per heavy atom. The van der Waals surface area contributed by atoms with Gasteiger partial charge >= 0.3 is 5.97 Å². The Morgan fingerprint density at radius 1 is 1.32 bits per heavy atom. The average Bonchev–Trinajstić information content (AvgIpc) is 3.14. The van der Waals surface area contributed by atoms with E-state index in [4.69, 9.17) is 5.11 Å². The first kappa shape index (κ1) is 13.5. The molecule has 6 heteroatoms. The first-order valence-electron chi connectivity index (χ1n) is 5.94. The molecule has 1 aromatic rings. The zero-order valence-electron chi connectivity index (χ0n) is 10.0. The molecule has 0 spiro atoms. The minimum absolute atomic E-state index is 0.155. The largest absolute Gasteiger partial charge is 0.481 e. The molecule has 0 aliphatic heterocycles. The van der Waals surface area contributed by atoms with Crippen LogP contribution in [0.3, 0.4) is 0 Å². The van der Waals surface area contributed by atoms with Gasteiger partial charge in [-0.3, -0.25) is 9.59 Å². The molecule has 0 radical (unpaired) electrons. The van der Waals surface area contributed by atoms with E-state index in [2.05, 4.69) is 5.32 Å². The number of aliphatic carboxylic acids is 1. The highest BCUT2D eigenvalue weighted by Gasteiger charge is 2.48. The van der Waals surface area contributed by atoms with Crippen LogP contribution in [-0.4, -0.2) is 23.5 Å². The molecular formula is C13H13F2NO3. The van der Waals surface area contributed by atoms with Gasteiger partial charge in [-0.15, -0.1) is 0 Å². The van der Waals surface area contributed by atoms with E-state index >= 15 is 0 Å². The second-order valence-corrected chi connectivity index (χ2v) is 4.54. The molecule has 2 rings (SSSR count). The molecular weight excluding hydrogens is 256 g/mol. The van der Waals surface area contributed by atoms with Crippen molar-refractivity contribution >= 4 is 11.9 Å². The highest BCUT2D eigenvalue weighted by molar-refractivity contribution is 5.89. The summed E-state index contributed by atoms with van der Waals surface area (Å²) in [4.78, 5) is 22.1. The Bertz CT molecular complexity index is 519. The van der Waals surface area contributed by atoms with Gasteiger partial charge in [0.05, 0.1) is 11.8 Å². The van der Waals surface area contributed by atoms with E-state index in [0.29, 0.717) is 6.42 Å². The van der Waals surface area contributed by atoms with Gasteiger partial charge < -0.3 is 10.4 Å². The fourth-order valence-corrected chi connectivity index (χ4v) is 1.95. The van der Waals surface area contributed by atoms with Crippen LogP contribution >= 0.6 is 0 Å². The summed E-state index contributed by atoms with van der Waals surface area (Å²) in [6, 6.07) is 3.87. The number of carboxylic acid groups (broad SMARTS) is 1. The molecule has 1 fully saturated rings. The number of benzene rings is 1. The third-order valence-corrected chi connectivity index (χ3v) is 3.17. The first-order chi connectivity index (χ1) is 9.00. The average molecular weight is 269 g/mol. The number of carbonyl (C=O) groups is 2. The van der Waals surface area contributed by atoms with E-state index in [1.54, 1.807) is 0 Å². The lowest BCUT2D eigenvalue weighted by atomic mass is 10.1. The highest BCUT2D eigenvalue weighted by Crippen LogP contribution is 2.38. The number of nitrogens with one attached hydrogen (secondary N) is 1. The number of amides is 1. The minimum atomic E-state index is -0.976. The Hall–Kier alpha value is -1.98. The molecule has 1 aromatic carbocycles. The molecule has 2 N–H and O–H groups in total. The smallest absolute Gasteiger partial charge is 0.307 e. The van der Waals surface area contributed by atoms with Gasteiger partial charge in [0.15, 0.2) is 11.6 Å². The maximum absolute atomic E-state index is 13.3. The van der Waals surface area contributed by atoms with Gasteiger partial charge in [-0.1, -0.05) is 12.1 Å². The van der Waals surface area contributed by atoms with Gasteiger partial charge in [-0.05, 0) is 24.5 Å². The summed E-state index contributed by atoms with van der Waals surface area (Å²) in [6.07, 6.45) is 0.509. The van der Waals surface area contributed by atoms with E-state index in [-0.39, 0.29) is 24.4 Å². The molecule has 1 amide bonds. The molecule has 4 nitrogen and oxygen atoms in total. The van der Waals surface area contributed by atoms with E-state index in [1.807, 2.05) is 0 Å². The van der Waals surface area contributed by atoms with Crippen molar-refractivity contribution in [2.75, 3.05) is 6.54 Å². The van der Waals surface area contributed by atoms with Gasteiger partial charge in [-0.2, -0.15) is 0 Å². The standard InChI is InChI=1S/C13H13F2NO3/c14-10-3-1-2-7(11(10)15)4-5-16-12(17)8-6-9(8)13(18)19/h1-3,8-9H,4-6H2,(H,16,17)(H,18,19). The summed E-state index contributed by atoms with van der Waals surface area (Å²) in [5.74, 6) is -4.25. The number of hydrogen-bond donors (Lipinski definition) is 2. The van der Waals surface area contributed by atoms with Gasteiger partial charge in [0.1, 0.15) is 0 Å². The summed E-state index contributed by atoms with van der Waals surface area (Å²) < 4.78 is 26.2. The molecule has 0 bridgehead atoms. The van der Waals surface area contributed by atoms with Crippen LogP contribution < -0.4 is 5.32 Å². The molecule has 2 atom stereocenters. The Morgan fingerprint density at radius 3 is 2.68 bits per heavy atom. The van der Waals surface area contributed by atoms with Gasteiger partial charge in [0.2, 0.25) is 5.91 Å². The van der Waals surface area contributed by atoms with Gasteiger partial charge in [-0.25, -0.2) is 8.78 Å². The van der Waals surface area contributed by atoms with E-state index < -0.39 is 29.4 Å². The molecule has 1 aliphatic rings. The number of hydrogen-bond acceptors (Lipinski definition) is 2. The van der Waals surface area contributed by atoms with Crippen molar-refractivity contribution in [1.82, 2.24) is 5.32 Å². The zero-order chi connectivity index (χ0) is 14.0. The van der Waals surface area contributed by atoms with Crippen molar-refractivity contribution in [2.24, 2.45) is 11.8 Å². The van der Waals surface area contributed by atoms with Crippen molar-refractivity contribution in [2.45, 2.75) is 12.8 Å². The lowest BCUT2D eigenvalue weighted by Gasteiger charge is -2.06. The molecule has 1 saturated carbocycles. The van der Waals surface area contributed by atoms with Crippen LogP contribution in [-0.2, 0) is 16.0 Å². The maximum Gasteiger partial charge on any atom is 0.307 e. The van der Waals surface area contributed by atoms with E-state index in [9.17, 15) is 18.4 Å². The second-order valence-electron chi connectivity index (χ2n) is 4.54.